The van der Waals surface area contributed by atoms with Crippen LogP contribution in [0.4, 0.5) is 5.82 Å². The highest BCUT2D eigenvalue weighted by Crippen LogP contribution is 2.44. The van der Waals surface area contributed by atoms with Crippen LogP contribution < -0.4 is 5.73 Å². The zero-order valence-electron chi connectivity index (χ0n) is 19.2. The summed E-state index contributed by atoms with van der Waals surface area (Å²) >= 11 is 1.90. The summed E-state index contributed by atoms with van der Waals surface area (Å²) in [5.74, 6) is 1.71. The number of thioether (sulfide) groups is 1. The van der Waals surface area contributed by atoms with Crippen molar-refractivity contribution in [2.24, 2.45) is 7.05 Å². The maximum absolute atomic E-state index is 10.1. The average Bonchev–Trinajstić information content (AvgIpc) is 3.03. The van der Waals surface area contributed by atoms with Gasteiger partial charge in [-0.3, -0.25) is 9.67 Å². The van der Waals surface area contributed by atoms with Gasteiger partial charge in [0.1, 0.15) is 11.5 Å². The van der Waals surface area contributed by atoms with E-state index in [9.17, 15) is 5.11 Å². The molecule has 2 aromatic heterocycles. The van der Waals surface area contributed by atoms with Crippen molar-refractivity contribution in [2.45, 2.75) is 57.8 Å². The monoisotopic (exact) mass is 438 g/mol. The summed E-state index contributed by atoms with van der Waals surface area (Å²) in [5, 5.41) is 14.9. The van der Waals surface area contributed by atoms with E-state index in [2.05, 4.69) is 37.0 Å². The number of anilines is 1. The van der Waals surface area contributed by atoms with Crippen molar-refractivity contribution in [1.29, 1.82) is 0 Å². The van der Waals surface area contributed by atoms with E-state index >= 15 is 0 Å². The lowest BCUT2D eigenvalue weighted by atomic mass is 9.93. The number of aromatic nitrogens is 3. The maximum atomic E-state index is 10.1. The smallest absolute Gasteiger partial charge is 0.126 e. The molecule has 1 aromatic carbocycles. The van der Waals surface area contributed by atoms with E-state index in [1.165, 1.54) is 16.7 Å². The Morgan fingerprint density at radius 2 is 2.00 bits per heavy atom. The summed E-state index contributed by atoms with van der Waals surface area (Å²) in [6.07, 6.45) is 4.47. The zero-order valence-corrected chi connectivity index (χ0v) is 20.0. The number of aliphatic hydroxyl groups is 1. The molecule has 3 rings (SSSR count). The van der Waals surface area contributed by atoms with Gasteiger partial charge in [0.25, 0.3) is 0 Å². The van der Waals surface area contributed by atoms with Crippen LogP contribution >= 0.6 is 11.8 Å². The van der Waals surface area contributed by atoms with Gasteiger partial charge in [0.2, 0.25) is 0 Å². The molecule has 5 nitrogen and oxygen atoms in total. The Kier molecular flexibility index (Phi) is 7.44. The second kappa shape index (κ2) is 9.88. The predicted octanol–water partition coefficient (Wildman–Crippen LogP) is 5.31. The first-order valence-corrected chi connectivity index (χ1v) is 11.9. The number of nitrogen functional groups attached to an aromatic ring is 1. The SMILES string of the molecule is CCCSC(c1ccc(CCC(C)(C)O)cc1C)c1c(-c2ccccn2)nn(C)c1N. The summed E-state index contributed by atoms with van der Waals surface area (Å²) < 4.78 is 1.76. The van der Waals surface area contributed by atoms with Gasteiger partial charge in [-0.1, -0.05) is 31.2 Å². The molecule has 1 atom stereocenters. The lowest BCUT2D eigenvalue weighted by molar-refractivity contribution is 0.0714. The Bertz CT molecular complexity index is 1010. The normalized spacial score (nSPS) is 12.8. The van der Waals surface area contributed by atoms with Crippen molar-refractivity contribution in [2.75, 3.05) is 11.5 Å². The minimum absolute atomic E-state index is 0.0778. The van der Waals surface area contributed by atoms with Crippen molar-refractivity contribution in [3.05, 3.63) is 64.8 Å². The molecule has 0 aliphatic rings. The van der Waals surface area contributed by atoms with Crippen LogP contribution in [0.15, 0.2) is 42.6 Å². The van der Waals surface area contributed by atoms with Crippen molar-refractivity contribution in [1.82, 2.24) is 14.8 Å². The van der Waals surface area contributed by atoms with Crippen molar-refractivity contribution in [3.8, 4) is 11.4 Å². The predicted molar refractivity (Wildman–Crippen MR) is 131 cm³/mol. The van der Waals surface area contributed by atoms with Crippen molar-refractivity contribution in [3.63, 3.8) is 0 Å². The fourth-order valence-electron chi connectivity index (χ4n) is 3.71. The number of rotatable bonds is 9. The molecule has 31 heavy (non-hydrogen) atoms. The van der Waals surface area contributed by atoms with Crippen LogP contribution in [0.5, 0.6) is 0 Å². The van der Waals surface area contributed by atoms with Gasteiger partial charge in [-0.05, 0) is 74.6 Å². The number of hydrogen-bond acceptors (Lipinski definition) is 5. The fraction of sp³-hybridized carbons (Fsp3) is 0.440. The molecule has 0 radical (unpaired) electrons. The largest absolute Gasteiger partial charge is 0.390 e. The fourth-order valence-corrected chi connectivity index (χ4v) is 5.02. The third-order valence-corrected chi connectivity index (χ3v) is 6.90. The summed E-state index contributed by atoms with van der Waals surface area (Å²) in [7, 11) is 1.89. The summed E-state index contributed by atoms with van der Waals surface area (Å²) in [4.78, 5) is 4.54. The minimum Gasteiger partial charge on any atom is -0.390 e. The van der Waals surface area contributed by atoms with Crippen LogP contribution in [0, 0.1) is 6.92 Å². The molecule has 2 heterocycles. The van der Waals surface area contributed by atoms with E-state index < -0.39 is 5.60 Å². The number of aryl methyl sites for hydroxylation is 3. The Balaban J connectivity index is 2.04. The highest BCUT2D eigenvalue weighted by Gasteiger charge is 2.27. The highest BCUT2D eigenvalue weighted by molar-refractivity contribution is 7.99. The van der Waals surface area contributed by atoms with Gasteiger partial charge >= 0.3 is 0 Å². The Hall–Kier alpha value is -2.31. The lowest BCUT2D eigenvalue weighted by Gasteiger charge is -2.22. The first-order valence-electron chi connectivity index (χ1n) is 10.9. The summed E-state index contributed by atoms with van der Waals surface area (Å²) in [5.41, 5.74) is 12.3. The number of benzene rings is 1. The molecule has 0 fully saturated rings. The van der Waals surface area contributed by atoms with Crippen LogP contribution in [-0.4, -0.2) is 31.2 Å². The quantitative estimate of drug-likeness (QED) is 0.473. The van der Waals surface area contributed by atoms with Gasteiger partial charge in [-0.25, -0.2) is 0 Å². The first kappa shape index (κ1) is 23.4. The average molecular weight is 439 g/mol. The van der Waals surface area contributed by atoms with Crippen LogP contribution in [0.1, 0.15) is 61.1 Å². The molecule has 0 saturated carbocycles. The van der Waals surface area contributed by atoms with E-state index in [0.29, 0.717) is 5.82 Å². The number of hydrogen-bond donors (Lipinski definition) is 2. The maximum Gasteiger partial charge on any atom is 0.126 e. The van der Waals surface area contributed by atoms with E-state index in [1.807, 2.05) is 50.9 Å². The summed E-state index contributed by atoms with van der Waals surface area (Å²) in [6.45, 7) is 8.07. The molecule has 6 heteroatoms. The number of pyridine rings is 1. The minimum atomic E-state index is -0.659. The third-order valence-electron chi connectivity index (χ3n) is 5.43. The number of nitrogens with zero attached hydrogens (tertiary/aromatic N) is 3. The lowest BCUT2D eigenvalue weighted by Crippen LogP contribution is -2.19. The van der Waals surface area contributed by atoms with E-state index in [1.54, 1.807) is 10.9 Å². The van der Waals surface area contributed by atoms with Gasteiger partial charge in [0.05, 0.1) is 16.5 Å². The second-order valence-electron chi connectivity index (χ2n) is 8.74. The Morgan fingerprint density at radius 3 is 2.61 bits per heavy atom. The highest BCUT2D eigenvalue weighted by atomic mass is 32.2. The zero-order chi connectivity index (χ0) is 22.6. The molecule has 0 saturated heterocycles. The van der Waals surface area contributed by atoms with E-state index in [-0.39, 0.29) is 5.25 Å². The van der Waals surface area contributed by atoms with Crippen LogP contribution in [-0.2, 0) is 13.5 Å². The molecule has 3 aromatic rings. The molecule has 0 aliphatic heterocycles. The van der Waals surface area contributed by atoms with E-state index in [4.69, 9.17) is 10.8 Å². The molecule has 3 N–H and O–H groups in total. The third kappa shape index (κ3) is 5.69. The topological polar surface area (TPSA) is 77.0 Å². The van der Waals surface area contributed by atoms with Crippen molar-refractivity contribution < 1.29 is 5.11 Å². The second-order valence-corrected chi connectivity index (χ2v) is 9.95. The first-order chi connectivity index (χ1) is 14.7. The molecule has 1 unspecified atom stereocenters. The molecule has 0 amide bonds. The van der Waals surface area contributed by atoms with Crippen LogP contribution in [0.2, 0.25) is 0 Å². The molecular weight excluding hydrogens is 404 g/mol. The van der Waals surface area contributed by atoms with Crippen LogP contribution in [0.3, 0.4) is 0 Å². The molecule has 0 aliphatic carbocycles. The van der Waals surface area contributed by atoms with Gasteiger partial charge < -0.3 is 10.8 Å². The van der Waals surface area contributed by atoms with Crippen molar-refractivity contribution >= 4 is 17.6 Å². The molecule has 166 valence electrons. The standard InChI is InChI=1S/C25H34N4OS/c1-6-15-31-23(19-11-10-18(16-17(19)2)12-13-25(3,4)30)21-22(28-29(5)24(21)26)20-9-7-8-14-27-20/h7-11,14,16,23,30H,6,12-13,15,26H2,1-5H3. The Morgan fingerprint density at radius 1 is 1.23 bits per heavy atom. The van der Waals surface area contributed by atoms with Gasteiger partial charge in [-0.15, -0.1) is 11.8 Å². The van der Waals surface area contributed by atoms with Gasteiger partial charge in [0, 0.05) is 18.8 Å². The molecular formula is C25H34N4OS. The molecule has 0 spiro atoms. The Labute approximate surface area is 190 Å². The molecule has 0 bridgehead atoms. The summed E-state index contributed by atoms with van der Waals surface area (Å²) in [6, 6.07) is 12.5. The van der Waals surface area contributed by atoms with Gasteiger partial charge in [0.15, 0.2) is 0 Å². The number of nitrogens with two attached hydrogens (primary N) is 1. The van der Waals surface area contributed by atoms with E-state index in [0.717, 1.165) is 42.0 Å². The van der Waals surface area contributed by atoms with Crippen LogP contribution in [0.25, 0.3) is 11.4 Å². The van der Waals surface area contributed by atoms with Gasteiger partial charge in [-0.2, -0.15) is 5.10 Å².